The summed E-state index contributed by atoms with van der Waals surface area (Å²) in [7, 11) is -27.0. The minimum absolute atomic E-state index is 0.0587. The van der Waals surface area contributed by atoms with Crippen molar-refractivity contribution in [3.05, 3.63) is 138 Å². The Labute approximate surface area is 721 Å². The predicted octanol–water partition coefficient (Wildman–Crippen LogP) is 2.73. The molecule has 2 aromatic carbocycles. The number of aliphatic hydroxyl groups is 2. The first-order valence-electron chi connectivity index (χ1n) is 38.9. The number of nitrogens with zero attached hydrogens (tertiary/aromatic N) is 15. The van der Waals surface area contributed by atoms with Gasteiger partial charge in [-0.3, -0.25) is 87.6 Å². The molecule has 0 saturated carbocycles. The molecule has 16 rings (SSSR count). The zero-order valence-electron chi connectivity index (χ0n) is 66.5. The number of nitrogens with one attached hydrogen (secondary N) is 2. The van der Waals surface area contributed by atoms with Crippen molar-refractivity contribution < 1.29 is 131 Å². The Bertz CT molecular complexity index is 6510. The van der Waals surface area contributed by atoms with E-state index in [4.69, 9.17) is 119 Å². The quantitative estimate of drug-likeness (QED) is 0.0151. The number of anilines is 5. The lowest BCUT2D eigenvalue weighted by molar-refractivity contribution is -0.0646. The first kappa shape index (κ1) is 91.8. The van der Waals surface area contributed by atoms with E-state index in [0.29, 0.717) is 43.1 Å². The molecular formula is C68H82ClN22O32P5. The summed E-state index contributed by atoms with van der Waals surface area (Å²) in [5, 5.41) is 24.5. The van der Waals surface area contributed by atoms with Crippen LogP contribution in [0.5, 0.6) is 5.75 Å². The molecule has 0 amide bonds. The lowest BCUT2D eigenvalue weighted by atomic mass is 10.0. The highest BCUT2D eigenvalue weighted by Gasteiger charge is 2.52. The average molecular weight is 1910 g/mol. The number of hydrogen-bond donors (Lipinski definition) is 14. The van der Waals surface area contributed by atoms with Gasteiger partial charge in [0.25, 0.3) is 11.1 Å². The summed E-state index contributed by atoms with van der Waals surface area (Å²) in [6.07, 6.45) is -18.6. The maximum atomic E-state index is 14.5. The number of aliphatic hydroxyl groups excluding tert-OH is 2. The number of nitrogens with two attached hydrogens (primary N) is 5. The number of benzene rings is 2. The van der Waals surface area contributed by atoms with Crippen LogP contribution in [-0.4, -0.2) is 231 Å². The van der Waals surface area contributed by atoms with Crippen LogP contribution in [0.2, 0.25) is 5.02 Å². The fraction of sp³-hybridized carbons (Fsp3) is 0.471. The highest BCUT2D eigenvalue weighted by Crippen LogP contribution is 2.56. The molecule has 19 N–H and O–H groups in total. The molecule has 0 aliphatic carbocycles. The molecular weight excluding hydrogens is 1830 g/mol. The summed E-state index contributed by atoms with van der Waals surface area (Å²) >= 11 is 6.21. The number of aryl methyl sites for hydroxylation is 1. The van der Waals surface area contributed by atoms with Gasteiger partial charge in [-0.2, -0.15) is 19.9 Å². The second-order valence-electron chi connectivity index (χ2n) is 29.8. The van der Waals surface area contributed by atoms with E-state index in [2.05, 4.69) is 54.8 Å². The van der Waals surface area contributed by atoms with Gasteiger partial charge in [-0.15, -0.1) is 0 Å². The van der Waals surface area contributed by atoms with Crippen LogP contribution in [0.3, 0.4) is 0 Å². The number of phosphoric acid groups is 5. The predicted molar refractivity (Wildman–Crippen MR) is 438 cm³/mol. The highest BCUT2D eigenvalue weighted by molar-refractivity contribution is 7.48. The van der Waals surface area contributed by atoms with Gasteiger partial charge < -0.3 is 91.8 Å². The summed E-state index contributed by atoms with van der Waals surface area (Å²) in [6.45, 7) is -2.91. The number of aromatic nitrogens is 17. The molecule has 5 aliphatic heterocycles. The lowest BCUT2D eigenvalue weighted by Crippen LogP contribution is -2.34. The standard InChI is InChI=1S/C68H82ClN22O32P5/c1-31-34-8-6-32(69)16-37(34)80-36-9-7-33(17-35(31)36)108-14-4-2-3-5-15-109-124(98,99)110-22-42-41(21-52(118-42)90-29-78-54-60(90)83-65(73)85-62(54)94)123-127(104,105)112-23-43-38(18-49(115-43)87-12-10-47(70)81-67(87)96)120-125(100,101)113-25-45-40(20-51(117-45)89-28-77-53-58(72)75-27-76-59(53)89)122-126(102,103)111-24-44-39(19-50(116-44)88-13-11-48(71)82-68(88)97)121-128(106,107)114-26-46-56(92)57(93)64(119-46)91-30-79-55-61(91)84-66(74)86-63(55)95/h6-13,16-17,27-30,38-46,49-52,56-57,64,92-93H,2-5,14-15,18-26H2,1H3,(H,98,99)(H,100,101)(H,102,103)(H,104,105)(H,106,107)(H2,70,81,96)(H2,71,82,97)(H2,72,75,76)(H3,73,83,85,94)(H3,74,84,86,95)/t38-,39-,40-,41-,42+,43+,44+,45+,46+,49+,50+,51+,52+,56+,57+,64+/m0/s1. The summed E-state index contributed by atoms with van der Waals surface area (Å²) in [4.78, 5) is 154. The molecule has 688 valence electrons. The molecule has 5 aliphatic rings. The SMILES string of the molecule is Cc1c2ccc(Cl)cc2nc2ccc(OCCCCCCOP(=O)(O)OC[C@H]3O[C@@H](n4cnc5c(=O)[nH]c(N)nc54)C[C@@H]3OP(=O)(O)OC[C@H]3O[C@@H](n4ccc(N)nc4=O)C[C@@H]3OP(=O)(O)OC[C@H]3O[C@@H](n4cnc5c(N)ncnc54)C[C@@H]3OP(=O)(O)OC[C@H]3O[C@@H](n4ccc(N)nc4=O)C[C@@H]3OP(=O)(O)OC[C@H]3O[C@@H](n4cnc5c(=O)[nH]c(N)nc54)[C@H](O)[C@@H]3O)cc12. The third-order valence-electron chi connectivity index (χ3n) is 21.2. The molecule has 0 bridgehead atoms. The molecule has 0 spiro atoms. The van der Waals surface area contributed by atoms with Crippen LogP contribution in [0.4, 0.5) is 29.4 Å². The van der Waals surface area contributed by atoms with E-state index < -0.39 is 219 Å². The highest BCUT2D eigenvalue weighted by atomic mass is 35.5. The van der Waals surface area contributed by atoms with Gasteiger partial charge in [0, 0.05) is 53.9 Å². The summed E-state index contributed by atoms with van der Waals surface area (Å²) in [5.41, 5.74) is 27.8. The van der Waals surface area contributed by atoms with Crippen LogP contribution in [0.25, 0.3) is 55.3 Å². The van der Waals surface area contributed by atoms with E-state index in [-0.39, 0.29) is 69.4 Å². The molecule has 0 radical (unpaired) electrons. The normalized spacial score (nSPS) is 26.8. The van der Waals surface area contributed by atoms with Crippen molar-refractivity contribution in [3.63, 3.8) is 0 Å². The first-order chi connectivity index (χ1) is 60.9. The second kappa shape index (κ2) is 37.4. The zero-order valence-corrected chi connectivity index (χ0v) is 71.7. The molecule has 5 fully saturated rings. The minimum atomic E-state index is -5.60. The van der Waals surface area contributed by atoms with E-state index in [1.165, 1.54) is 27.6 Å². The van der Waals surface area contributed by atoms with E-state index >= 15 is 0 Å². The first-order valence-corrected chi connectivity index (χ1v) is 46.8. The molecule has 5 unspecified atom stereocenters. The number of unbranched alkanes of at least 4 members (excludes halogenated alkanes) is 3. The minimum Gasteiger partial charge on any atom is -0.494 e. The topological polar surface area (TPSA) is 758 Å². The Morgan fingerprint density at radius 2 is 0.898 bits per heavy atom. The third kappa shape index (κ3) is 20.8. The average Bonchev–Trinajstić information content (AvgIpc) is 1.55. The van der Waals surface area contributed by atoms with Crippen molar-refractivity contribution in [2.75, 3.05) is 74.9 Å². The van der Waals surface area contributed by atoms with Crippen molar-refractivity contribution in [1.82, 2.24) is 82.6 Å². The van der Waals surface area contributed by atoms with E-state index in [0.717, 1.165) is 72.4 Å². The fourth-order valence-electron chi connectivity index (χ4n) is 15.1. The molecule has 128 heavy (non-hydrogen) atoms. The van der Waals surface area contributed by atoms with Crippen LogP contribution >= 0.6 is 50.7 Å². The molecule has 21 atom stereocenters. The number of hydrogen-bond acceptors (Lipinski definition) is 42. The van der Waals surface area contributed by atoms with Gasteiger partial charge in [0.15, 0.2) is 40.0 Å². The van der Waals surface area contributed by atoms with Crippen molar-refractivity contribution in [3.8, 4) is 5.75 Å². The van der Waals surface area contributed by atoms with Crippen LogP contribution < -0.4 is 55.9 Å². The Hall–Kier alpha value is -9.52. The number of imidazole rings is 3. The van der Waals surface area contributed by atoms with Crippen LogP contribution in [0, 0.1) is 6.92 Å². The van der Waals surface area contributed by atoms with E-state index in [9.17, 15) is 76.7 Å². The monoisotopic (exact) mass is 1910 g/mol. The summed E-state index contributed by atoms with van der Waals surface area (Å²) < 4.78 is 167. The number of fused-ring (bicyclic) bond motifs is 5. The number of rotatable bonds is 37. The van der Waals surface area contributed by atoms with Crippen LogP contribution in [0.15, 0.2) is 105 Å². The number of aromatic amines is 2. The maximum Gasteiger partial charge on any atom is 0.472 e. The Kier molecular flexibility index (Phi) is 26.8. The van der Waals surface area contributed by atoms with E-state index in [1.54, 1.807) is 6.07 Å². The number of nitrogen functional groups attached to an aromatic ring is 5. The second-order valence-corrected chi connectivity index (χ2v) is 37.3. The molecule has 11 aromatic rings. The lowest BCUT2D eigenvalue weighted by Gasteiger charge is -2.26. The van der Waals surface area contributed by atoms with Crippen molar-refractivity contribution >= 4 is 135 Å². The number of H-pyrrole nitrogens is 2. The van der Waals surface area contributed by atoms with Crippen molar-refractivity contribution in [2.24, 2.45) is 0 Å². The van der Waals surface area contributed by atoms with E-state index in [1.807, 2.05) is 37.3 Å². The molecule has 9 aromatic heterocycles. The number of pyridine rings is 1. The largest absolute Gasteiger partial charge is 0.494 e. The fourth-order valence-corrected chi connectivity index (χ4v) is 19.9. The number of halogens is 1. The van der Waals surface area contributed by atoms with Gasteiger partial charge in [0.1, 0.15) is 121 Å². The Morgan fingerprint density at radius 1 is 0.453 bits per heavy atom. The van der Waals surface area contributed by atoms with Gasteiger partial charge >= 0.3 is 50.5 Å². The van der Waals surface area contributed by atoms with Gasteiger partial charge in [-0.1, -0.05) is 24.1 Å². The van der Waals surface area contributed by atoms with Gasteiger partial charge in [-0.25, -0.2) is 62.3 Å². The van der Waals surface area contributed by atoms with Crippen molar-refractivity contribution in [2.45, 2.75) is 157 Å². The summed E-state index contributed by atoms with van der Waals surface area (Å²) in [6, 6.07) is 13.6. The van der Waals surface area contributed by atoms with Gasteiger partial charge in [0.2, 0.25) is 11.9 Å². The van der Waals surface area contributed by atoms with Crippen molar-refractivity contribution in [1.29, 1.82) is 0 Å². The summed E-state index contributed by atoms with van der Waals surface area (Å²) in [5.74, 6) is -0.505. The Morgan fingerprint density at radius 3 is 1.40 bits per heavy atom. The molecule has 60 heteroatoms. The Balaban J connectivity index is 0.569. The van der Waals surface area contributed by atoms with Crippen LogP contribution in [0.1, 0.15) is 88.1 Å². The molecule has 54 nitrogen and oxygen atoms in total. The molecule has 14 heterocycles. The van der Waals surface area contributed by atoms with Crippen LogP contribution in [-0.2, 0) is 91.7 Å². The molecule has 5 saturated heterocycles. The smallest absolute Gasteiger partial charge is 0.472 e. The van der Waals surface area contributed by atoms with Gasteiger partial charge in [-0.05, 0) is 74.2 Å². The number of ether oxygens (including phenoxy) is 6. The van der Waals surface area contributed by atoms with Gasteiger partial charge in [0.05, 0.1) is 76.3 Å². The third-order valence-corrected chi connectivity index (χ3v) is 26.5. The maximum absolute atomic E-state index is 14.5. The zero-order chi connectivity index (χ0) is 90.6. The number of phosphoric ester groups is 5.